The van der Waals surface area contributed by atoms with Gasteiger partial charge in [0.25, 0.3) is 5.56 Å². The Labute approximate surface area is 185 Å². The lowest BCUT2D eigenvalue weighted by Gasteiger charge is -2.31. The van der Waals surface area contributed by atoms with Gasteiger partial charge in [-0.25, -0.2) is 9.37 Å². The summed E-state index contributed by atoms with van der Waals surface area (Å²) in [5.74, 6) is 0.488. The van der Waals surface area contributed by atoms with E-state index in [0.29, 0.717) is 5.39 Å². The molecule has 2 aliphatic rings. The van der Waals surface area contributed by atoms with Crippen molar-refractivity contribution in [3.05, 3.63) is 64.1 Å². The zero-order valence-electron chi connectivity index (χ0n) is 18.7. The van der Waals surface area contributed by atoms with Crippen molar-refractivity contribution in [3.8, 4) is 11.1 Å². The lowest BCUT2D eigenvalue weighted by atomic mass is 9.96. The van der Waals surface area contributed by atoms with Crippen LogP contribution in [0.5, 0.6) is 0 Å². The summed E-state index contributed by atoms with van der Waals surface area (Å²) in [6.45, 7) is 4.92. The molecule has 2 fully saturated rings. The topological polar surface area (TPSA) is 51.9 Å². The summed E-state index contributed by atoms with van der Waals surface area (Å²) in [6, 6.07) is 9.55. The predicted molar refractivity (Wildman–Crippen MR) is 126 cm³/mol. The average molecular weight is 431 g/mol. The maximum atomic E-state index is 15.4. The second-order valence-corrected chi connectivity index (χ2v) is 9.68. The van der Waals surface area contributed by atoms with Crippen LogP contribution in [0.15, 0.2) is 41.3 Å². The monoisotopic (exact) mass is 430 g/mol. The number of hydrogen-bond donors (Lipinski definition) is 1. The number of aromatic nitrogens is 3. The number of piperidine rings is 1. The van der Waals surface area contributed by atoms with Crippen molar-refractivity contribution in [2.75, 3.05) is 6.54 Å². The maximum Gasteiger partial charge on any atom is 0.261 e. The SMILES string of the molecule is Cc1cc(-c2cc(F)c3c(=O)n(C4CCNC5(CC5)C4)ccc3c2)cc2c1nc(C)n2C. The minimum Gasteiger partial charge on any atom is -0.331 e. The van der Waals surface area contributed by atoms with Crippen LogP contribution in [-0.2, 0) is 7.05 Å². The molecule has 2 aromatic carbocycles. The molecular formula is C26H27FN4O. The third-order valence-corrected chi connectivity index (χ3v) is 7.57. The van der Waals surface area contributed by atoms with Crippen LogP contribution >= 0.6 is 0 Å². The number of nitrogens with zero attached hydrogens (tertiary/aromatic N) is 3. The Bertz CT molecular complexity index is 1460. The van der Waals surface area contributed by atoms with Crippen LogP contribution < -0.4 is 10.9 Å². The van der Waals surface area contributed by atoms with Crippen LogP contribution in [-0.4, -0.2) is 26.2 Å². The Morgan fingerprint density at radius 1 is 1.16 bits per heavy atom. The Hall–Kier alpha value is -2.99. The number of nitrogens with one attached hydrogen (secondary N) is 1. The molecule has 32 heavy (non-hydrogen) atoms. The van der Waals surface area contributed by atoms with E-state index >= 15 is 4.39 Å². The summed E-state index contributed by atoms with van der Waals surface area (Å²) in [5.41, 5.74) is 4.73. The van der Waals surface area contributed by atoms with Crippen molar-refractivity contribution in [1.29, 1.82) is 0 Å². The number of rotatable bonds is 2. The summed E-state index contributed by atoms with van der Waals surface area (Å²) in [5, 5.41) is 4.43. The molecule has 164 valence electrons. The van der Waals surface area contributed by atoms with Gasteiger partial charge in [0.05, 0.1) is 16.4 Å². The number of pyridine rings is 1. The summed E-state index contributed by atoms with van der Waals surface area (Å²) in [7, 11) is 1.99. The molecule has 5 nitrogen and oxygen atoms in total. The molecule has 1 aliphatic heterocycles. The molecule has 1 unspecified atom stereocenters. The van der Waals surface area contributed by atoms with E-state index in [1.165, 1.54) is 18.9 Å². The van der Waals surface area contributed by atoms with Crippen LogP contribution in [0.3, 0.4) is 0 Å². The summed E-state index contributed by atoms with van der Waals surface area (Å²) in [4.78, 5) is 17.9. The third kappa shape index (κ3) is 2.93. The highest BCUT2D eigenvalue weighted by Gasteiger charge is 2.46. The zero-order valence-corrected chi connectivity index (χ0v) is 18.7. The standard InChI is InChI=1S/C26H27FN4O/c1-15-10-18(13-22-24(15)29-16(2)30(22)3)19-11-17-5-9-31(25(32)23(17)21(27)12-19)20-4-8-28-26(14-20)6-7-26/h5,9-13,20,28H,4,6-8,14H2,1-3H3. The van der Waals surface area contributed by atoms with E-state index in [2.05, 4.69) is 10.3 Å². The van der Waals surface area contributed by atoms with Crippen molar-refractivity contribution in [2.45, 2.75) is 51.1 Å². The van der Waals surface area contributed by atoms with Crippen molar-refractivity contribution in [1.82, 2.24) is 19.4 Å². The molecule has 1 saturated heterocycles. The van der Waals surface area contributed by atoms with E-state index in [9.17, 15) is 4.79 Å². The smallest absolute Gasteiger partial charge is 0.261 e. The van der Waals surface area contributed by atoms with Gasteiger partial charge in [-0.1, -0.05) is 0 Å². The van der Waals surface area contributed by atoms with Crippen LogP contribution in [0, 0.1) is 19.7 Å². The molecule has 6 rings (SSSR count). The lowest BCUT2D eigenvalue weighted by Crippen LogP contribution is -2.42. The minimum absolute atomic E-state index is 0.132. The first kappa shape index (κ1) is 19.7. The Kier molecular flexibility index (Phi) is 4.15. The Balaban J connectivity index is 1.46. The molecule has 3 heterocycles. The van der Waals surface area contributed by atoms with Crippen molar-refractivity contribution >= 4 is 21.8 Å². The lowest BCUT2D eigenvalue weighted by molar-refractivity contribution is 0.282. The molecule has 1 spiro atoms. The van der Waals surface area contributed by atoms with E-state index < -0.39 is 5.82 Å². The molecule has 6 heteroatoms. The molecule has 1 atom stereocenters. The fourth-order valence-electron chi connectivity index (χ4n) is 5.43. The van der Waals surface area contributed by atoms with Crippen LogP contribution in [0.25, 0.3) is 32.9 Å². The van der Waals surface area contributed by atoms with Crippen LogP contribution in [0.4, 0.5) is 4.39 Å². The van der Waals surface area contributed by atoms with Gasteiger partial charge in [-0.2, -0.15) is 0 Å². The maximum absolute atomic E-state index is 15.4. The number of fused-ring (bicyclic) bond motifs is 2. The molecule has 1 aliphatic carbocycles. The number of aryl methyl sites for hydroxylation is 3. The van der Waals surface area contributed by atoms with E-state index in [1.807, 2.05) is 55.9 Å². The molecule has 0 radical (unpaired) electrons. The van der Waals surface area contributed by atoms with Crippen molar-refractivity contribution < 1.29 is 4.39 Å². The first-order valence-electron chi connectivity index (χ1n) is 11.4. The van der Waals surface area contributed by atoms with Gasteiger partial charge >= 0.3 is 0 Å². The van der Waals surface area contributed by atoms with Crippen LogP contribution in [0.1, 0.15) is 43.1 Å². The van der Waals surface area contributed by atoms with Gasteiger partial charge in [0.2, 0.25) is 0 Å². The third-order valence-electron chi connectivity index (χ3n) is 7.57. The Morgan fingerprint density at radius 3 is 2.72 bits per heavy atom. The molecular weight excluding hydrogens is 403 g/mol. The van der Waals surface area contributed by atoms with E-state index in [1.54, 1.807) is 4.57 Å². The largest absolute Gasteiger partial charge is 0.331 e. The first-order valence-corrected chi connectivity index (χ1v) is 11.4. The number of hydrogen-bond acceptors (Lipinski definition) is 3. The molecule has 1 N–H and O–H groups in total. The van der Waals surface area contributed by atoms with Crippen LogP contribution in [0.2, 0.25) is 0 Å². The highest BCUT2D eigenvalue weighted by molar-refractivity contribution is 5.90. The number of halogens is 1. The van der Waals surface area contributed by atoms with Gasteiger partial charge in [0.1, 0.15) is 11.6 Å². The summed E-state index contributed by atoms with van der Waals surface area (Å²) >= 11 is 0. The highest BCUT2D eigenvalue weighted by Crippen LogP contribution is 2.45. The number of benzene rings is 2. The number of imidazole rings is 1. The van der Waals surface area contributed by atoms with E-state index in [-0.39, 0.29) is 22.5 Å². The van der Waals surface area contributed by atoms with Gasteiger partial charge in [-0.15, -0.1) is 0 Å². The quantitative estimate of drug-likeness (QED) is 0.499. The molecule has 4 aromatic rings. The summed E-state index contributed by atoms with van der Waals surface area (Å²) in [6.07, 6.45) is 6.05. The second-order valence-electron chi connectivity index (χ2n) is 9.68. The van der Waals surface area contributed by atoms with Gasteiger partial charge in [-0.05, 0) is 98.5 Å². The zero-order chi connectivity index (χ0) is 22.2. The van der Waals surface area contributed by atoms with Crippen molar-refractivity contribution in [2.24, 2.45) is 7.05 Å². The fourth-order valence-corrected chi connectivity index (χ4v) is 5.43. The second kappa shape index (κ2) is 6.75. The van der Waals surface area contributed by atoms with Crippen molar-refractivity contribution in [3.63, 3.8) is 0 Å². The van der Waals surface area contributed by atoms with E-state index in [4.69, 9.17) is 0 Å². The van der Waals surface area contributed by atoms with Gasteiger partial charge in [0, 0.05) is 24.8 Å². The normalized spacial score (nSPS) is 19.8. The average Bonchev–Trinajstić information content (AvgIpc) is 3.44. The predicted octanol–water partition coefficient (Wildman–Crippen LogP) is 4.77. The molecule has 1 saturated carbocycles. The van der Waals surface area contributed by atoms with Gasteiger partial charge < -0.3 is 14.5 Å². The minimum atomic E-state index is -0.453. The van der Waals surface area contributed by atoms with Gasteiger partial charge in [0.15, 0.2) is 0 Å². The van der Waals surface area contributed by atoms with Gasteiger partial charge in [-0.3, -0.25) is 4.79 Å². The Morgan fingerprint density at radius 2 is 1.94 bits per heavy atom. The first-order chi connectivity index (χ1) is 15.3. The molecule has 2 aromatic heterocycles. The molecule has 0 amide bonds. The molecule has 0 bridgehead atoms. The van der Waals surface area contributed by atoms with E-state index in [0.717, 1.165) is 52.9 Å². The fraction of sp³-hybridized carbons (Fsp3) is 0.385. The highest BCUT2D eigenvalue weighted by atomic mass is 19.1. The summed E-state index contributed by atoms with van der Waals surface area (Å²) < 4.78 is 19.2.